The molecule has 1 unspecified atom stereocenters. The second-order valence-corrected chi connectivity index (χ2v) is 8.36. The van der Waals surface area contributed by atoms with Crippen molar-refractivity contribution in [1.82, 2.24) is 10.3 Å². The lowest BCUT2D eigenvalue weighted by Crippen LogP contribution is -2.42. The maximum atomic E-state index is 12.1. The molecule has 1 aromatic heterocycles. The number of rotatable bonds is 5. The van der Waals surface area contributed by atoms with E-state index in [-0.39, 0.29) is 25.0 Å². The number of amides is 1. The van der Waals surface area contributed by atoms with Crippen LogP contribution in [0.4, 0.5) is 4.79 Å². The minimum atomic E-state index is -0.515. The summed E-state index contributed by atoms with van der Waals surface area (Å²) >= 11 is 0. The molecular weight excluding hydrogens is 368 g/mol. The third kappa shape index (κ3) is 6.59. The summed E-state index contributed by atoms with van der Waals surface area (Å²) in [7, 11) is 0. The first kappa shape index (κ1) is 20.8. The number of nitrogens with zero attached hydrogens (tertiary/aromatic N) is 1. The van der Waals surface area contributed by atoms with E-state index in [4.69, 9.17) is 9.47 Å². The van der Waals surface area contributed by atoms with Gasteiger partial charge in [-0.3, -0.25) is 9.78 Å². The second-order valence-electron chi connectivity index (χ2n) is 8.36. The second kappa shape index (κ2) is 9.07. The summed E-state index contributed by atoms with van der Waals surface area (Å²) in [6.07, 6.45) is 3.80. The Morgan fingerprint density at radius 3 is 2.66 bits per heavy atom. The van der Waals surface area contributed by atoms with Gasteiger partial charge in [-0.2, -0.15) is 0 Å². The van der Waals surface area contributed by atoms with Crippen molar-refractivity contribution >= 4 is 12.1 Å². The first-order chi connectivity index (χ1) is 13.8. The van der Waals surface area contributed by atoms with E-state index in [1.165, 1.54) is 0 Å². The molecule has 1 N–H and O–H groups in total. The van der Waals surface area contributed by atoms with Crippen molar-refractivity contribution in [2.45, 2.75) is 64.7 Å². The Morgan fingerprint density at radius 2 is 1.93 bits per heavy atom. The van der Waals surface area contributed by atoms with Gasteiger partial charge in [-0.1, -0.05) is 36.4 Å². The highest BCUT2D eigenvalue weighted by Gasteiger charge is 2.24. The number of nitrogens with one attached hydrogen (secondary N) is 1. The summed E-state index contributed by atoms with van der Waals surface area (Å²) in [4.78, 5) is 28.6. The molecule has 154 valence electrons. The number of hydrogen-bond acceptors (Lipinski definition) is 5. The molecule has 3 rings (SSSR count). The van der Waals surface area contributed by atoms with Gasteiger partial charge >= 0.3 is 12.1 Å². The van der Waals surface area contributed by atoms with Crippen LogP contribution in [0.25, 0.3) is 0 Å². The van der Waals surface area contributed by atoms with Gasteiger partial charge in [0, 0.05) is 24.4 Å². The molecule has 1 aliphatic rings. The van der Waals surface area contributed by atoms with E-state index in [1.807, 2.05) is 57.2 Å². The van der Waals surface area contributed by atoms with Crippen LogP contribution in [0.1, 0.15) is 49.6 Å². The van der Waals surface area contributed by atoms with Crippen molar-refractivity contribution in [3.63, 3.8) is 0 Å². The number of pyridine rings is 1. The van der Waals surface area contributed by atoms with Crippen LogP contribution in [0.3, 0.4) is 0 Å². The maximum Gasteiger partial charge on any atom is 0.407 e. The molecule has 0 saturated carbocycles. The molecule has 1 aliphatic carbocycles. The van der Waals surface area contributed by atoms with Gasteiger partial charge in [0.25, 0.3) is 0 Å². The number of hydrogen-bond donors (Lipinski definition) is 1. The van der Waals surface area contributed by atoms with E-state index in [0.29, 0.717) is 6.42 Å². The van der Waals surface area contributed by atoms with Gasteiger partial charge in [0.2, 0.25) is 0 Å². The predicted octanol–water partition coefficient (Wildman–Crippen LogP) is 3.75. The third-order valence-corrected chi connectivity index (χ3v) is 4.63. The van der Waals surface area contributed by atoms with E-state index in [0.717, 1.165) is 35.2 Å². The summed E-state index contributed by atoms with van der Waals surface area (Å²) in [6, 6.07) is 11.6. The first-order valence-corrected chi connectivity index (χ1v) is 9.94. The van der Waals surface area contributed by atoms with Crippen LogP contribution in [0.5, 0.6) is 0 Å². The molecule has 1 atom stereocenters. The minimum absolute atomic E-state index is 0.00605. The Morgan fingerprint density at radius 1 is 1.17 bits per heavy atom. The number of carbonyl (C=O) groups excluding carboxylic acids is 2. The number of carbonyl (C=O) groups is 2. The lowest BCUT2D eigenvalue weighted by atomic mass is 9.91. The number of fused-ring (bicyclic) bond motifs is 1. The molecular formula is C23H28N2O4. The van der Waals surface area contributed by atoms with Crippen LogP contribution in [0.2, 0.25) is 0 Å². The normalized spacial score (nSPS) is 15.9. The lowest BCUT2D eigenvalue weighted by Gasteiger charge is -2.27. The molecule has 0 bridgehead atoms. The molecule has 0 aliphatic heterocycles. The molecule has 2 aromatic rings. The highest BCUT2D eigenvalue weighted by Crippen LogP contribution is 2.21. The van der Waals surface area contributed by atoms with Crippen molar-refractivity contribution in [3.05, 3.63) is 65.0 Å². The molecule has 1 amide bonds. The van der Waals surface area contributed by atoms with Crippen molar-refractivity contribution in [1.29, 1.82) is 0 Å². The average molecular weight is 396 g/mol. The Balaban J connectivity index is 1.51. The largest absolute Gasteiger partial charge is 0.461 e. The molecule has 0 spiro atoms. The van der Waals surface area contributed by atoms with Gasteiger partial charge in [0.1, 0.15) is 12.2 Å². The van der Waals surface area contributed by atoms with Gasteiger partial charge in [0.05, 0.1) is 6.42 Å². The molecule has 1 aromatic carbocycles. The Hall–Kier alpha value is -2.89. The number of benzene rings is 1. The van der Waals surface area contributed by atoms with Crippen LogP contribution >= 0.6 is 0 Å². The van der Waals surface area contributed by atoms with E-state index in [1.54, 1.807) is 6.20 Å². The van der Waals surface area contributed by atoms with E-state index < -0.39 is 11.7 Å². The number of esters is 1. The Bertz CT molecular complexity index is 859. The fourth-order valence-corrected chi connectivity index (χ4v) is 3.30. The van der Waals surface area contributed by atoms with Crippen molar-refractivity contribution in [3.8, 4) is 0 Å². The van der Waals surface area contributed by atoms with E-state index in [2.05, 4.69) is 10.3 Å². The summed E-state index contributed by atoms with van der Waals surface area (Å²) in [5.41, 5.74) is 3.38. The van der Waals surface area contributed by atoms with Crippen molar-refractivity contribution in [2.24, 2.45) is 0 Å². The third-order valence-electron chi connectivity index (χ3n) is 4.63. The van der Waals surface area contributed by atoms with Gasteiger partial charge in [-0.25, -0.2) is 4.79 Å². The zero-order valence-corrected chi connectivity index (χ0v) is 17.2. The molecule has 0 fully saturated rings. The fraction of sp³-hybridized carbons (Fsp3) is 0.435. The minimum Gasteiger partial charge on any atom is -0.461 e. The zero-order valence-electron chi connectivity index (χ0n) is 17.2. The summed E-state index contributed by atoms with van der Waals surface area (Å²) in [5, 5.41) is 2.92. The summed E-state index contributed by atoms with van der Waals surface area (Å²) in [5.74, 6) is -0.268. The predicted molar refractivity (Wildman–Crippen MR) is 109 cm³/mol. The fourth-order valence-electron chi connectivity index (χ4n) is 3.30. The highest BCUT2D eigenvalue weighted by molar-refractivity contribution is 5.72. The summed E-state index contributed by atoms with van der Waals surface area (Å²) in [6.45, 7) is 5.81. The number of aryl methyl sites for hydroxylation is 1. The first-order valence-electron chi connectivity index (χ1n) is 9.94. The van der Waals surface area contributed by atoms with Gasteiger partial charge in [-0.15, -0.1) is 0 Å². The Kier molecular flexibility index (Phi) is 6.52. The topological polar surface area (TPSA) is 77.5 Å². The average Bonchev–Trinajstić information content (AvgIpc) is 2.66. The highest BCUT2D eigenvalue weighted by atomic mass is 16.6. The van der Waals surface area contributed by atoms with E-state index >= 15 is 0 Å². The van der Waals surface area contributed by atoms with Crippen molar-refractivity contribution in [2.75, 3.05) is 0 Å². The molecule has 0 radical (unpaired) electrons. The maximum absolute atomic E-state index is 12.1. The molecule has 0 saturated heterocycles. The number of alkyl carbamates (subject to hydrolysis) is 1. The van der Waals surface area contributed by atoms with Crippen LogP contribution in [0.15, 0.2) is 42.6 Å². The molecule has 1 heterocycles. The van der Waals surface area contributed by atoms with Crippen LogP contribution < -0.4 is 5.32 Å². The van der Waals surface area contributed by atoms with Gasteiger partial charge in [-0.05, 0) is 50.3 Å². The standard InChI is InChI=1S/C23H28N2O4/c1-23(2,3)29-22(27)25-19-10-9-18-11-17(14-24-20(18)13-19)12-21(26)28-15-16-7-5-4-6-8-16/h4-8,11,14,19H,9-10,12-13,15H2,1-3H3,(H,25,27). The monoisotopic (exact) mass is 396 g/mol. The molecule has 29 heavy (non-hydrogen) atoms. The summed E-state index contributed by atoms with van der Waals surface area (Å²) < 4.78 is 10.7. The zero-order chi connectivity index (χ0) is 20.9. The van der Waals surface area contributed by atoms with Crippen LogP contribution in [-0.4, -0.2) is 28.7 Å². The molecule has 6 nitrogen and oxygen atoms in total. The van der Waals surface area contributed by atoms with Gasteiger partial charge in [0.15, 0.2) is 0 Å². The lowest BCUT2D eigenvalue weighted by molar-refractivity contribution is -0.144. The number of aromatic nitrogens is 1. The number of ether oxygens (including phenoxy) is 2. The molecule has 6 heteroatoms. The smallest absolute Gasteiger partial charge is 0.407 e. The SMILES string of the molecule is CC(C)(C)OC(=O)NC1CCc2cc(CC(=O)OCc3ccccc3)cnc2C1. The quantitative estimate of drug-likeness (QED) is 0.779. The van der Waals surface area contributed by atoms with Gasteiger partial charge < -0.3 is 14.8 Å². The Labute approximate surface area is 171 Å². The van der Waals surface area contributed by atoms with Crippen LogP contribution in [0, 0.1) is 0 Å². The van der Waals surface area contributed by atoms with Crippen LogP contribution in [-0.2, 0) is 40.1 Å². The van der Waals surface area contributed by atoms with E-state index in [9.17, 15) is 9.59 Å². The van der Waals surface area contributed by atoms with Crippen molar-refractivity contribution < 1.29 is 19.1 Å².